The zero-order valence-corrected chi connectivity index (χ0v) is 13.0. The molecule has 0 aliphatic rings. The molecule has 0 spiro atoms. The van der Waals surface area contributed by atoms with Gasteiger partial charge in [0.1, 0.15) is 10.9 Å². The van der Waals surface area contributed by atoms with Crippen LogP contribution in [0.4, 0.5) is 5.69 Å². The van der Waals surface area contributed by atoms with Gasteiger partial charge >= 0.3 is 11.9 Å². The number of aliphatic carboxylic acids is 2. The second kappa shape index (κ2) is 7.38. The Morgan fingerprint density at radius 1 is 1.14 bits per heavy atom. The number of benzene rings is 1. The highest BCUT2D eigenvalue weighted by atomic mass is 79.9. The summed E-state index contributed by atoms with van der Waals surface area (Å²) in [5.41, 5.74) is 0.253. The van der Waals surface area contributed by atoms with E-state index in [0.717, 1.165) is 0 Å². The number of carboxylic acid groups (broad SMARTS) is 2. The van der Waals surface area contributed by atoms with Crippen molar-refractivity contribution in [3.05, 3.63) is 30.3 Å². The van der Waals surface area contributed by atoms with Gasteiger partial charge in [0.25, 0.3) is 10.2 Å². The molecule has 1 aromatic rings. The molecule has 0 saturated carbocycles. The molecule has 0 aromatic heterocycles. The Balaban J connectivity index is 2.78. The fourth-order valence-corrected chi connectivity index (χ4v) is 2.84. The van der Waals surface area contributed by atoms with E-state index in [-0.39, 0.29) is 5.69 Å². The predicted octanol–water partition coefficient (Wildman–Crippen LogP) is 0.624. The van der Waals surface area contributed by atoms with Crippen molar-refractivity contribution in [2.24, 2.45) is 0 Å². The summed E-state index contributed by atoms with van der Waals surface area (Å²) < 4.78 is 27.7. The average molecular weight is 381 g/mol. The summed E-state index contributed by atoms with van der Waals surface area (Å²) in [5.74, 6) is -2.75. The number of hydrogen-bond donors (Lipinski definition) is 4. The van der Waals surface area contributed by atoms with Crippen molar-refractivity contribution in [1.29, 1.82) is 0 Å². The van der Waals surface area contributed by atoms with E-state index >= 15 is 0 Å². The van der Waals surface area contributed by atoms with Crippen LogP contribution in [0.5, 0.6) is 0 Å². The van der Waals surface area contributed by atoms with E-state index < -0.39 is 39.4 Å². The Morgan fingerprint density at radius 3 is 2.19 bits per heavy atom. The summed E-state index contributed by atoms with van der Waals surface area (Å²) >= 11 is 2.77. The van der Waals surface area contributed by atoms with E-state index in [4.69, 9.17) is 10.2 Å². The molecule has 21 heavy (non-hydrogen) atoms. The van der Waals surface area contributed by atoms with Gasteiger partial charge in [-0.05, 0) is 18.6 Å². The number of para-hydroxylation sites is 1. The van der Waals surface area contributed by atoms with E-state index in [1.807, 2.05) is 4.72 Å². The van der Waals surface area contributed by atoms with E-state index in [2.05, 4.69) is 20.7 Å². The van der Waals surface area contributed by atoms with Crippen molar-refractivity contribution in [2.75, 3.05) is 4.72 Å². The van der Waals surface area contributed by atoms with Gasteiger partial charge in [0.05, 0.1) is 0 Å². The monoisotopic (exact) mass is 380 g/mol. The van der Waals surface area contributed by atoms with Gasteiger partial charge in [-0.1, -0.05) is 34.1 Å². The first-order valence-electron chi connectivity index (χ1n) is 5.66. The van der Waals surface area contributed by atoms with E-state index in [0.29, 0.717) is 0 Å². The third-order valence-corrected chi connectivity index (χ3v) is 4.20. The molecule has 0 saturated heterocycles. The first-order valence-corrected chi connectivity index (χ1v) is 8.06. The molecule has 0 aliphatic heterocycles. The number of rotatable bonds is 8. The summed E-state index contributed by atoms with van der Waals surface area (Å²) in [5, 5.41) is 17.7. The lowest BCUT2D eigenvalue weighted by atomic mass is 10.2. The van der Waals surface area contributed by atoms with Gasteiger partial charge in [0, 0.05) is 5.69 Å². The van der Waals surface area contributed by atoms with Crippen LogP contribution in [0.3, 0.4) is 0 Å². The molecule has 10 heteroatoms. The molecule has 0 bridgehead atoms. The van der Waals surface area contributed by atoms with Gasteiger partial charge in [-0.2, -0.15) is 13.1 Å². The first-order chi connectivity index (χ1) is 9.71. The normalized spacial score (nSPS) is 14.1. The van der Waals surface area contributed by atoms with Crippen molar-refractivity contribution < 1.29 is 28.2 Å². The second-order valence-electron chi connectivity index (χ2n) is 4.02. The molecular weight excluding hydrogens is 368 g/mol. The van der Waals surface area contributed by atoms with Gasteiger partial charge in [-0.3, -0.25) is 14.3 Å². The van der Waals surface area contributed by atoms with Crippen molar-refractivity contribution >= 4 is 43.8 Å². The summed E-state index contributed by atoms with van der Waals surface area (Å²) in [6.07, 6.45) is -0.444. The largest absolute Gasteiger partial charge is 0.480 e. The Bertz CT molecular complexity index is 606. The lowest BCUT2D eigenvalue weighted by Crippen LogP contribution is -2.45. The number of anilines is 1. The SMILES string of the molecule is O=C(O)C(Br)C[C@H](NS(=O)(=O)Nc1ccccc1)C(=O)O. The van der Waals surface area contributed by atoms with Crippen LogP contribution in [-0.4, -0.2) is 41.4 Å². The first kappa shape index (κ1) is 17.4. The highest BCUT2D eigenvalue weighted by Crippen LogP contribution is 2.12. The number of hydrogen-bond acceptors (Lipinski definition) is 4. The zero-order chi connectivity index (χ0) is 16.0. The number of halogens is 1. The molecule has 8 nitrogen and oxygen atoms in total. The average Bonchev–Trinajstić information content (AvgIpc) is 2.37. The molecule has 0 heterocycles. The fraction of sp³-hybridized carbons (Fsp3) is 0.273. The Morgan fingerprint density at radius 2 is 1.71 bits per heavy atom. The van der Waals surface area contributed by atoms with Crippen LogP contribution in [-0.2, 0) is 19.8 Å². The summed E-state index contributed by atoms with van der Waals surface area (Å²) in [7, 11) is -4.14. The van der Waals surface area contributed by atoms with Gasteiger partial charge in [-0.15, -0.1) is 0 Å². The van der Waals surface area contributed by atoms with E-state index in [1.165, 1.54) is 12.1 Å². The zero-order valence-electron chi connectivity index (χ0n) is 10.6. The summed E-state index contributed by atoms with van der Waals surface area (Å²) in [6, 6.07) is 6.29. The van der Waals surface area contributed by atoms with Crippen LogP contribution in [0.15, 0.2) is 30.3 Å². The molecule has 116 valence electrons. The number of carbonyl (C=O) groups is 2. The van der Waals surface area contributed by atoms with Crippen LogP contribution in [0.1, 0.15) is 6.42 Å². The van der Waals surface area contributed by atoms with Crippen LogP contribution in [0.2, 0.25) is 0 Å². The van der Waals surface area contributed by atoms with Crippen molar-refractivity contribution in [3.8, 4) is 0 Å². The third-order valence-electron chi connectivity index (χ3n) is 2.33. The van der Waals surface area contributed by atoms with E-state index in [1.54, 1.807) is 18.2 Å². The minimum atomic E-state index is -4.14. The van der Waals surface area contributed by atoms with E-state index in [9.17, 15) is 18.0 Å². The Hall–Kier alpha value is -1.65. The molecule has 1 rings (SSSR count). The third kappa shape index (κ3) is 6.10. The topological polar surface area (TPSA) is 133 Å². The molecule has 2 atom stereocenters. The standard InChI is InChI=1S/C11H13BrN2O6S/c12-8(10(15)16)6-9(11(17)18)14-21(19,20)13-7-4-2-1-3-5-7/h1-5,8-9,13-14H,6H2,(H,15,16)(H,17,18)/t8?,9-/m0/s1. The maximum absolute atomic E-state index is 11.8. The molecule has 1 unspecified atom stereocenters. The van der Waals surface area contributed by atoms with Gasteiger partial charge in [0.15, 0.2) is 0 Å². The highest BCUT2D eigenvalue weighted by molar-refractivity contribution is 9.10. The van der Waals surface area contributed by atoms with Crippen molar-refractivity contribution in [3.63, 3.8) is 0 Å². The van der Waals surface area contributed by atoms with Gasteiger partial charge < -0.3 is 10.2 Å². The molecule has 0 aliphatic carbocycles. The highest BCUT2D eigenvalue weighted by Gasteiger charge is 2.29. The van der Waals surface area contributed by atoms with Crippen molar-refractivity contribution in [1.82, 2.24) is 4.72 Å². The minimum absolute atomic E-state index is 0.253. The maximum atomic E-state index is 11.8. The lowest BCUT2D eigenvalue weighted by Gasteiger charge is -2.16. The number of alkyl halides is 1. The van der Waals surface area contributed by atoms with Gasteiger partial charge in [-0.25, -0.2) is 0 Å². The van der Waals surface area contributed by atoms with Crippen LogP contribution in [0.25, 0.3) is 0 Å². The molecule has 4 N–H and O–H groups in total. The smallest absolute Gasteiger partial charge is 0.321 e. The summed E-state index contributed by atoms with van der Waals surface area (Å²) in [6.45, 7) is 0. The number of carboxylic acids is 2. The Kier molecular flexibility index (Phi) is 6.12. The van der Waals surface area contributed by atoms with Gasteiger partial charge in [0.2, 0.25) is 0 Å². The molecular formula is C11H13BrN2O6S. The quantitative estimate of drug-likeness (QED) is 0.488. The second-order valence-corrected chi connectivity index (χ2v) is 6.57. The Labute approximate surface area is 129 Å². The molecule has 0 radical (unpaired) electrons. The number of nitrogens with one attached hydrogen (secondary N) is 2. The van der Waals surface area contributed by atoms with Crippen LogP contribution >= 0.6 is 15.9 Å². The van der Waals surface area contributed by atoms with Crippen molar-refractivity contribution in [2.45, 2.75) is 17.3 Å². The predicted molar refractivity (Wildman–Crippen MR) is 78.5 cm³/mol. The fourth-order valence-electron chi connectivity index (χ4n) is 1.39. The minimum Gasteiger partial charge on any atom is -0.480 e. The molecule has 0 amide bonds. The molecule has 1 aromatic carbocycles. The lowest BCUT2D eigenvalue weighted by molar-refractivity contribution is -0.139. The van der Waals surface area contributed by atoms with Crippen LogP contribution in [0, 0.1) is 0 Å². The summed E-state index contributed by atoms with van der Waals surface area (Å²) in [4.78, 5) is 20.5. The maximum Gasteiger partial charge on any atom is 0.321 e. The molecule has 0 fully saturated rings. The van der Waals surface area contributed by atoms with Crippen LogP contribution < -0.4 is 9.44 Å².